The lowest BCUT2D eigenvalue weighted by Crippen LogP contribution is -2.27. The van der Waals surface area contributed by atoms with E-state index >= 15 is 0 Å². The zero-order valence-electron chi connectivity index (χ0n) is 7.78. The molecule has 2 radical (unpaired) electrons. The van der Waals surface area contributed by atoms with Crippen molar-refractivity contribution in [1.29, 1.82) is 0 Å². The molecule has 0 aliphatic heterocycles. The minimum Gasteiger partial charge on any atom is -0.353 e. The van der Waals surface area contributed by atoms with Gasteiger partial charge >= 0.3 is 0 Å². The Labute approximate surface area is 76.5 Å². The topological polar surface area (TPSA) is 37.4 Å². The minimum atomic E-state index is -2.87. The second-order valence-electron chi connectivity index (χ2n) is 3.02. The van der Waals surface area contributed by atoms with Crippen molar-refractivity contribution in [3.8, 4) is 0 Å². The Balaban J connectivity index is 3.51. The van der Waals surface area contributed by atoms with Crippen molar-refractivity contribution < 1.29 is 8.42 Å². The number of sulfone groups is 1. The fourth-order valence-corrected chi connectivity index (χ4v) is 1.32. The molecule has 0 heterocycles. The normalized spacial score (nSPS) is 12.2. The van der Waals surface area contributed by atoms with E-state index in [9.17, 15) is 8.42 Å². The highest BCUT2D eigenvalue weighted by atomic mass is 32.2. The summed E-state index contributed by atoms with van der Waals surface area (Å²) in [7, 11) is 2.67. The van der Waals surface area contributed by atoms with E-state index in [0.717, 1.165) is 19.4 Å². The van der Waals surface area contributed by atoms with Crippen LogP contribution in [0.1, 0.15) is 19.8 Å². The van der Waals surface area contributed by atoms with E-state index < -0.39 is 9.84 Å². The SMILES string of the molecule is [B]N(CCCC)CCS(C)(=O)=O. The molecular weight excluding hydrogens is 173 g/mol. The molecule has 3 nitrogen and oxygen atoms in total. The molecule has 0 spiro atoms. The smallest absolute Gasteiger partial charge is 0.182 e. The Bertz CT molecular complexity index is 203. The standard InChI is InChI=1S/C7H16BNO2S/c1-3-4-5-9(8)6-7-12(2,10)11/h3-7H2,1-2H3. The largest absolute Gasteiger partial charge is 0.353 e. The summed E-state index contributed by atoms with van der Waals surface area (Å²) in [5.41, 5.74) is 0. The van der Waals surface area contributed by atoms with Gasteiger partial charge < -0.3 is 4.81 Å². The number of rotatable bonds is 6. The molecule has 0 aliphatic rings. The molecule has 0 saturated heterocycles. The van der Waals surface area contributed by atoms with Gasteiger partial charge in [0, 0.05) is 12.8 Å². The summed E-state index contributed by atoms with van der Waals surface area (Å²) in [6.45, 7) is 3.27. The van der Waals surface area contributed by atoms with Gasteiger partial charge in [-0.25, -0.2) is 8.42 Å². The van der Waals surface area contributed by atoms with Gasteiger partial charge in [-0.15, -0.1) is 0 Å². The van der Waals surface area contributed by atoms with Crippen LogP contribution < -0.4 is 0 Å². The predicted molar refractivity (Wildman–Crippen MR) is 51.9 cm³/mol. The van der Waals surface area contributed by atoms with Crippen LogP contribution in [0.25, 0.3) is 0 Å². The molecule has 0 saturated carbocycles. The van der Waals surface area contributed by atoms with Crippen LogP contribution in [0.15, 0.2) is 0 Å². The third-order valence-corrected chi connectivity index (χ3v) is 2.47. The lowest BCUT2D eigenvalue weighted by molar-refractivity contribution is 0.460. The van der Waals surface area contributed by atoms with E-state index in [2.05, 4.69) is 6.92 Å². The van der Waals surface area contributed by atoms with Gasteiger partial charge in [-0.05, 0) is 13.0 Å². The van der Waals surface area contributed by atoms with Crippen LogP contribution >= 0.6 is 0 Å². The van der Waals surface area contributed by atoms with Gasteiger partial charge in [0.15, 0.2) is 7.98 Å². The highest BCUT2D eigenvalue weighted by Crippen LogP contribution is 1.92. The maximum atomic E-state index is 10.7. The van der Waals surface area contributed by atoms with E-state index in [1.807, 2.05) is 0 Å². The summed E-state index contributed by atoms with van der Waals surface area (Å²) in [4.78, 5) is 1.56. The van der Waals surface area contributed by atoms with Crippen LogP contribution in [0.5, 0.6) is 0 Å². The van der Waals surface area contributed by atoms with Gasteiger partial charge in [0.2, 0.25) is 0 Å². The third-order valence-electron chi connectivity index (χ3n) is 1.55. The van der Waals surface area contributed by atoms with Gasteiger partial charge in [0.25, 0.3) is 0 Å². The summed E-state index contributed by atoms with van der Waals surface area (Å²) in [5.74, 6) is 0.146. The first-order valence-corrected chi connectivity index (χ1v) is 6.19. The molecule has 70 valence electrons. The molecule has 0 unspecified atom stereocenters. The van der Waals surface area contributed by atoms with Crippen molar-refractivity contribution in [2.24, 2.45) is 0 Å². The molecule has 0 aromatic rings. The minimum absolute atomic E-state index is 0.146. The average molecular weight is 189 g/mol. The maximum Gasteiger partial charge on any atom is 0.182 e. The third kappa shape index (κ3) is 8.08. The highest BCUT2D eigenvalue weighted by Gasteiger charge is 2.03. The number of hydrogen-bond acceptors (Lipinski definition) is 3. The first kappa shape index (κ1) is 12.0. The quantitative estimate of drug-likeness (QED) is 0.561. The summed E-state index contributed by atoms with van der Waals surface area (Å²) in [6, 6.07) is 0. The highest BCUT2D eigenvalue weighted by molar-refractivity contribution is 7.90. The Hall–Kier alpha value is -0.0251. The van der Waals surface area contributed by atoms with E-state index in [4.69, 9.17) is 7.98 Å². The molecule has 0 aromatic heterocycles. The van der Waals surface area contributed by atoms with Crippen LogP contribution in [-0.2, 0) is 9.84 Å². The lowest BCUT2D eigenvalue weighted by atomic mass is 10.2. The van der Waals surface area contributed by atoms with Crippen LogP contribution in [0.3, 0.4) is 0 Å². The van der Waals surface area contributed by atoms with Gasteiger partial charge in [-0.3, -0.25) is 0 Å². The van der Waals surface area contributed by atoms with Crippen LogP contribution in [0, 0.1) is 0 Å². The predicted octanol–water partition coefficient (Wildman–Crippen LogP) is 0.217. The van der Waals surface area contributed by atoms with Crippen LogP contribution in [-0.4, -0.2) is 46.3 Å². The monoisotopic (exact) mass is 189 g/mol. The molecule has 0 rings (SSSR count). The molecule has 12 heavy (non-hydrogen) atoms. The van der Waals surface area contributed by atoms with Crippen LogP contribution in [0.4, 0.5) is 0 Å². The van der Waals surface area contributed by atoms with Gasteiger partial charge in [-0.1, -0.05) is 13.3 Å². The maximum absolute atomic E-state index is 10.7. The van der Waals surface area contributed by atoms with E-state index in [0.29, 0.717) is 6.54 Å². The van der Waals surface area contributed by atoms with Gasteiger partial charge in [0.05, 0.1) is 5.75 Å². The van der Waals surface area contributed by atoms with Crippen molar-refractivity contribution in [1.82, 2.24) is 4.81 Å². The molecule has 0 aliphatic carbocycles. The van der Waals surface area contributed by atoms with E-state index in [1.54, 1.807) is 4.81 Å². The first-order valence-electron chi connectivity index (χ1n) is 4.13. The summed E-state index contributed by atoms with van der Waals surface area (Å²) in [6.07, 6.45) is 3.31. The fraction of sp³-hybridized carbons (Fsp3) is 1.00. The Kier molecular flexibility index (Phi) is 5.58. The summed E-state index contributed by atoms with van der Waals surface area (Å²) in [5, 5.41) is 0. The molecule has 0 N–H and O–H groups in total. The van der Waals surface area contributed by atoms with Crippen molar-refractivity contribution in [3.63, 3.8) is 0 Å². The van der Waals surface area contributed by atoms with Gasteiger partial charge in [0.1, 0.15) is 9.84 Å². The average Bonchev–Trinajstić information content (AvgIpc) is 1.95. The number of nitrogens with zero attached hydrogens (tertiary/aromatic N) is 1. The van der Waals surface area contributed by atoms with Crippen molar-refractivity contribution >= 4 is 17.8 Å². The van der Waals surface area contributed by atoms with E-state index in [-0.39, 0.29) is 5.75 Å². The molecule has 0 bridgehead atoms. The van der Waals surface area contributed by atoms with E-state index in [1.165, 1.54) is 6.26 Å². The van der Waals surface area contributed by atoms with Crippen molar-refractivity contribution in [2.75, 3.05) is 25.1 Å². The lowest BCUT2D eigenvalue weighted by Gasteiger charge is -2.15. The second kappa shape index (κ2) is 5.59. The number of unbranched alkanes of at least 4 members (excludes halogenated alkanes) is 1. The summed E-state index contributed by atoms with van der Waals surface area (Å²) >= 11 is 0. The van der Waals surface area contributed by atoms with Crippen molar-refractivity contribution in [3.05, 3.63) is 0 Å². The zero-order chi connectivity index (χ0) is 9.61. The Morgan fingerprint density at radius 1 is 1.33 bits per heavy atom. The Morgan fingerprint density at radius 3 is 2.33 bits per heavy atom. The first-order chi connectivity index (χ1) is 5.45. The molecule has 0 aromatic carbocycles. The fourth-order valence-electron chi connectivity index (χ4n) is 0.756. The zero-order valence-corrected chi connectivity index (χ0v) is 8.60. The second-order valence-corrected chi connectivity index (χ2v) is 5.28. The summed E-state index contributed by atoms with van der Waals surface area (Å²) < 4.78 is 21.5. The Morgan fingerprint density at radius 2 is 1.92 bits per heavy atom. The van der Waals surface area contributed by atoms with Crippen molar-refractivity contribution in [2.45, 2.75) is 19.8 Å². The molecule has 5 heteroatoms. The molecular formula is C7H16BNO2S. The molecule has 0 fully saturated rings. The molecule has 0 atom stereocenters. The molecule has 0 amide bonds. The van der Waals surface area contributed by atoms with Crippen LogP contribution in [0.2, 0.25) is 0 Å². The number of hydrogen-bond donors (Lipinski definition) is 0. The van der Waals surface area contributed by atoms with Gasteiger partial charge in [-0.2, -0.15) is 0 Å².